The van der Waals surface area contributed by atoms with Crippen LogP contribution in [0.15, 0.2) is 0 Å². The highest BCUT2D eigenvalue weighted by atomic mass is 16.7. The Labute approximate surface area is 287 Å². The van der Waals surface area contributed by atoms with Crippen LogP contribution in [0.4, 0.5) is 0 Å². The summed E-state index contributed by atoms with van der Waals surface area (Å²) in [5.41, 5.74) is 0. The van der Waals surface area contributed by atoms with E-state index in [0.717, 1.165) is 32.1 Å². The van der Waals surface area contributed by atoms with E-state index in [9.17, 15) is 25.2 Å². The monoisotopic (exact) mass is 675 g/mol. The van der Waals surface area contributed by atoms with Gasteiger partial charge in [-0.15, -0.1) is 0 Å². The fourth-order valence-corrected chi connectivity index (χ4v) is 6.14. The van der Waals surface area contributed by atoms with E-state index in [1.807, 2.05) is 0 Å². The highest BCUT2D eigenvalue weighted by Gasteiger charge is 2.44. The van der Waals surface area contributed by atoms with Crippen LogP contribution in [-0.2, 0) is 23.7 Å². The second-order valence-corrected chi connectivity index (χ2v) is 13.7. The second kappa shape index (κ2) is 31.2. The predicted octanol–water partition coefficient (Wildman–Crippen LogP) is 7.52. The van der Waals surface area contributed by atoms with Crippen molar-refractivity contribution in [3.8, 4) is 0 Å². The third kappa shape index (κ3) is 23.3. The molecule has 0 aromatic carbocycles. The van der Waals surface area contributed by atoms with Crippen LogP contribution in [0, 0.1) is 0 Å². The molecule has 280 valence electrons. The number of esters is 1. The molecule has 0 aliphatic carbocycles. The van der Waals surface area contributed by atoms with Gasteiger partial charge in [0.05, 0.1) is 19.8 Å². The Balaban J connectivity index is 2.21. The third-order valence-corrected chi connectivity index (χ3v) is 9.27. The molecule has 0 radical (unpaired) electrons. The number of hydrogen-bond donors (Lipinski definition) is 4. The van der Waals surface area contributed by atoms with Crippen molar-refractivity contribution in [3.63, 3.8) is 0 Å². The van der Waals surface area contributed by atoms with Crippen LogP contribution in [0.2, 0.25) is 0 Å². The molecule has 1 aliphatic rings. The molecule has 0 aromatic heterocycles. The van der Waals surface area contributed by atoms with Gasteiger partial charge in [-0.3, -0.25) is 4.79 Å². The zero-order valence-electron chi connectivity index (χ0n) is 30.3. The standard InChI is InChI=1S/C38H74O9/c1-3-5-7-9-11-12-13-14-15-16-17-18-19-20-21-22-23-25-27-34(40)46-32(30-44-28-26-24-10-8-6-4-2)31-45-38-37(43)36(42)35(41)33(29-39)47-38/h32-33,35-39,41-43H,3-31H2,1-2H3. The number of hydrogen-bond acceptors (Lipinski definition) is 9. The van der Waals surface area contributed by atoms with E-state index in [4.69, 9.17) is 18.9 Å². The van der Waals surface area contributed by atoms with Crippen LogP contribution in [-0.4, -0.2) is 89.6 Å². The van der Waals surface area contributed by atoms with Gasteiger partial charge in [0.25, 0.3) is 0 Å². The van der Waals surface area contributed by atoms with Crippen molar-refractivity contribution in [2.24, 2.45) is 0 Å². The smallest absolute Gasteiger partial charge is 0.306 e. The van der Waals surface area contributed by atoms with Gasteiger partial charge in [-0.25, -0.2) is 0 Å². The minimum atomic E-state index is -1.53. The largest absolute Gasteiger partial charge is 0.457 e. The summed E-state index contributed by atoms with van der Waals surface area (Å²) < 4.78 is 22.6. The molecule has 0 saturated carbocycles. The van der Waals surface area contributed by atoms with Crippen LogP contribution in [0.5, 0.6) is 0 Å². The van der Waals surface area contributed by atoms with Gasteiger partial charge in [-0.05, 0) is 12.8 Å². The van der Waals surface area contributed by atoms with E-state index in [1.165, 1.54) is 122 Å². The molecule has 1 aliphatic heterocycles. The number of carbonyl (C=O) groups is 1. The molecule has 1 saturated heterocycles. The van der Waals surface area contributed by atoms with Gasteiger partial charge in [0, 0.05) is 13.0 Å². The van der Waals surface area contributed by atoms with Crippen LogP contribution in [0.1, 0.15) is 174 Å². The first-order valence-electron chi connectivity index (χ1n) is 19.6. The van der Waals surface area contributed by atoms with Crippen LogP contribution in [0.3, 0.4) is 0 Å². The van der Waals surface area contributed by atoms with Crippen LogP contribution < -0.4 is 0 Å². The fraction of sp³-hybridized carbons (Fsp3) is 0.974. The van der Waals surface area contributed by atoms with Crippen molar-refractivity contribution < 1.29 is 44.2 Å². The second-order valence-electron chi connectivity index (χ2n) is 13.7. The summed E-state index contributed by atoms with van der Waals surface area (Å²) in [5, 5.41) is 39.8. The Morgan fingerprint density at radius 1 is 0.596 bits per heavy atom. The Morgan fingerprint density at radius 3 is 1.51 bits per heavy atom. The highest BCUT2D eigenvalue weighted by molar-refractivity contribution is 5.69. The van der Waals surface area contributed by atoms with Gasteiger partial charge in [0.15, 0.2) is 6.29 Å². The normalized spacial score (nSPS) is 22.0. The minimum Gasteiger partial charge on any atom is -0.457 e. The summed E-state index contributed by atoms with van der Waals surface area (Å²) in [6, 6.07) is 0. The van der Waals surface area contributed by atoms with E-state index in [2.05, 4.69) is 13.8 Å². The van der Waals surface area contributed by atoms with Gasteiger partial charge in [-0.1, -0.05) is 155 Å². The van der Waals surface area contributed by atoms with Crippen molar-refractivity contribution in [3.05, 3.63) is 0 Å². The Hall–Kier alpha value is -0.810. The maximum atomic E-state index is 12.6. The van der Waals surface area contributed by atoms with Gasteiger partial charge in [0.2, 0.25) is 0 Å². The number of carbonyl (C=O) groups excluding carboxylic acids is 1. The van der Waals surface area contributed by atoms with Gasteiger partial charge in [0.1, 0.15) is 30.5 Å². The van der Waals surface area contributed by atoms with Crippen molar-refractivity contribution in [2.75, 3.05) is 26.4 Å². The molecular formula is C38H74O9. The molecule has 0 bridgehead atoms. The Morgan fingerprint density at radius 2 is 1.04 bits per heavy atom. The van der Waals surface area contributed by atoms with E-state index >= 15 is 0 Å². The lowest BCUT2D eigenvalue weighted by Crippen LogP contribution is -2.59. The molecule has 47 heavy (non-hydrogen) atoms. The zero-order valence-corrected chi connectivity index (χ0v) is 30.3. The van der Waals surface area contributed by atoms with E-state index in [1.54, 1.807) is 0 Å². The summed E-state index contributed by atoms with van der Waals surface area (Å²) >= 11 is 0. The molecule has 1 fully saturated rings. The zero-order chi connectivity index (χ0) is 34.4. The maximum Gasteiger partial charge on any atom is 0.306 e. The molecule has 9 heteroatoms. The molecule has 0 aromatic rings. The molecule has 1 heterocycles. The van der Waals surface area contributed by atoms with E-state index in [0.29, 0.717) is 13.0 Å². The number of aliphatic hydroxyl groups is 4. The van der Waals surface area contributed by atoms with Crippen molar-refractivity contribution in [1.82, 2.24) is 0 Å². The number of aliphatic hydroxyl groups excluding tert-OH is 4. The Bertz CT molecular complexity index is 692. The first kappa shape index (κ1) is 44.2. The predicted molar refractivity (Wildman–Crippen MR) is 187 cm³/mol. The number of unbranched alkanes of at least 4 members (excludes halogenated alkanes) is 22. The van der Waals surface area contributed by atoms with Crippen LogP contribution in [0.25, 0.3) is 0 Å². The van der Waals surface area contributed by atoms with Crippen LogP contribution >= 0.6 is 0 Å². The fourth-order valence-electron chi connectivity index (χ4n) is 6.14. The third-order valence-electron chi connectivity index (χ3n) is 9.27. The Kier molecular flexibility index (Phi) is 29.3. The average molecular weight is 675 g/mol. The molecule has 6 unspecified atom stereocenters. The van der Waals surface area contributed by atoms with E-state index < -0.39 is 43.4 Å². The summed E-state index contributed by atoms with van der Waals surface area (Å²) in [5.74, 6) is -0.313. The first-order chi connectivity index (χ1) is 22.9. The molecule has 0 amide bonds. The van der Waals surface area contributed by atoms with Gasteiger partial charge < -0.3 is 39.4 Å². The topological polar surface area (TPSA) is 135 Å². The summed E-state index contributed by atoms with van der Waals surface area (Å²) in [7, 11) is 0. The van der Waals surface area contributed by atoms with Crippen molar-refractivity contribution >= 4 is 5.97 Å². The summed E-state index contributed by atoms with van der Waals surface area (Å²) in [4.78, 5) is 12.6. The SMILES string of the molecule is CCCCCCCCCCCCCCCCCCCCC(=O)OC(COCCCCCCCC)COC1OC(CO)C(O)C(O)C1O. The average Bonchev–Trinajstić information content (AvgIpc) is 3.07. The van der Waals surface area contributed by atoms with Crippen molar-refractivity contribution in [1.29, 1.82) is 0 Å². The quantitative estimate of drug-likeness (QED) is 0.0412. The minimum absolute atomic E-state index is 0.107. The van der Waals surface area contributed by atoms with Crippen molar-refractivity contribution in [2.45, 2.75) is 211 Å². The molecule has 9 nitrogen and oxygen atoms in total. The lowest BCUT2D eigenvalue weighted by Gasteiger charge is -2.39. The lowest BCUT2D eigenvalue weighted by molar-refractivity contribution is -0.305. The molecular weight excluding hydrogens is 600 g/mol. The molecule has 4 N–H and O–H groups in total. The molecule has 0 spiro atoms. The molecule has 6 atom stereocenters. The van der Waals surface area contributed by atoms with E-state index in [-0.39, 0.29) is 19.2 Å². The van der Waals surface area contributed by atoms with Gasteiger partial charge >= 0.3 is 5.97 Å². The highest BCUT2D eigenvalue weighted by Crippen LogP contribution is 2.22. The summed E-state index contributed by atoms with van der Waals surface area (Å²) in [6.07, 6.45) is 22.9. The lowest BCUT2D eigenvalue weighted by atomic mass is 9.99. The molecule has 1 rings (SSSR count). The number of ether oxygens (including phenoxy) is 4. The number of rotatable bonds is 33. The first-order valence-corrected chi connectivity index (χ1v) is 19.6. The maximum absolute atomic E-state index is 12.6. The summed E-state index contributed by atoms with van der Waals surface area (Å²) in [6.45, 7) is 4.53. The van der Waals surface area contributed by atoms with Gasteiger partial charge in [-0.2, -0.15) is 0 Å².